The number of nitrogens with zero attached hydrogens (tertiary/aromatic N) is 1. The highest BCUT2D eigenvalue weighted by Gasteiger charge is 2.08. The minimum atomic E-state index is -0.0428. The zero-order valence-corrected chi connectivity index (χ0v) is 18.4. The van der Waals surface area contributed by atoms with Gasteiger partial charge in [-0.15, -0.1) is 11.3 Å². The second-order valence-corrected chi connectivity index (χ2v) is 8.68. The van der Waals surface area contributed by atoms with Gasteiger partial charge in [-0.05, 0) is 42.0 Å². The molecular formula is C23H16BrClN2OS. The number of rotatable bonds is 5. The fourth-order valence-electron chi connectivity index (χ4n) is 2.85. The lowest BCUT2D eigenvalue weighted by Crippen LogP contribution is -2.14. The Kier molecular flexibility index (Phi) is 6.09. The topological polar surface area (TPSA) is 42.0 Å². The molecule has 1 heterocycles. The Hall–Kier alpha value is -2.47. The summed E-state index contributed by atoms with van der Waals surface area (Å²) in [5.41, 5.74) is 4.70. The average molecular weight is 484 g/mol. The number of hydrogen-bond acceptors (Lipinski definition) is 3. The van der Waals surface area contributed by atoms with Gasteiger partial charge in [0.05, 0.1) is 12.1 Å². The first-order valence-corrected chi connectivity index (χ1v) is 11.0. The van der Waals surface area contributed by atoms with E-state index in [2.05, 4.69) is 21.2 Å². The van der Waals surface area contributed by atoms with Crippen LogP contribution in [0.25, 0.3) is 21.8 Å². The van der Waals surface area contributed by atoms with Crippen LogP contribution in [0.1, 0.15) is 5.56 Å². The predicted octanol–water partition coefficient (Wildman–Crippen LogP) is 7.07. The number of carbonyl (C=O) groups is 1. The van der Waals surface area contributed by atoms with Crippen LogP contribution in [0.4, 0.5) is 5.69 Å². The first-order valence-electron chi connectivity index (χ1n) is 8.93. The zero-order valence-electron chi connectivity index (χ0n) is 15.2. The van der Waals surface area contributed by atoms with Gasteiger partial charge in [-0.25, -0.2) is 4.98 Å². The molecule has 0 unspecified atom stereocenters. The zero-order chi connectivity index (χ0) is 20.2. The second-order valence-electron chi connectivity index (χ2n) is 6.47. The summed E-state index contributed by atoms with van der Waals surface area (Å²) in [6, 6.07) is 23.1. The quantitative estimate of drug-likeness (QED) is 0.330. The first-order chi connectivity index (χ1) is 14.1. The van der Waals surface area contributed by atoms with Crippen LogP contribution in [0.2, 0.25) is 5.02 Å². The standard InChI is InChI=1S/C23H16BrClN2OS/c24-18-7-1-15(2-8-18)13-22(28)26-20-11-5-16(6-12-20)21-14-29-23(27-21)17-3-9-19(25)10-4-17/h1-12,14H,13H2,(H,26,28). The van der Waals surface area contributed by atoms with Crippen molar-refractivity contribution in [2.24, 2.45) is 0 Å². The molecule has 0 bridgehead atoms. The normalized spacial score (nSPS) is 10.7. The average Bonchev–Trinajstić information content (AvgIpc) is 3.21. The third-order valence-corrected chi connectivity index (χ3v) is 6.01. The molecule has 0 radical (unpaired) electrons. The summed E-state index contributed by atoms with van der Waals surface area (Å²) >= 11 is 10.9. The molecule has 1 amide bonds. The van der Waals surface area contributed by atoms with Crippen molar-refractivity contribution in [1.29, 1.82) is 0 Å². The van der Waals surface area contributed by atoms with Gasteiger partial charge in [-0.3, -0.25) is 4.79 Å². The van der Waals surface area contributed by atoms with Crippen LogP contribution >= 0.6 is 38.9 Å². The fraction of sp³-hybridized carbons (Fsp3) is 0.0435. The second kappa shape index (κ2) is 8.91. The molecule has 0 saturated heterocycles. The van der Waals surface area contributed by atoms with E-state index >= 15 is 0 Å². The van der Waals surface area contributed by atoms with Crippen molar-refractivity contribution < 1.29 is 4.79 Å². The molecule has 144 valence electrons. The number of benzene rings is 3. The van der Waals surface area contributed by atoms with Crippen LogP contribution < -0.4 is 5.32 Å². The van der Waals surface area contributed by atoms with Gasteiger partial charge >= 0.3 is 0 Å². The summed E-state index contributed by atoms with van der Waals surface area (Å²) in [6.45, 7) is 0. The number of hydrogen-bond donors (Lipinski definition) is 1. The third kappa shape index (κ3) is 5.12. The van der Waals surface area contributed by atoms with Gasteiger partial charge < -0.3 is 5.32 Å². The van der Waals surface area contributed by atoms with Gasteiger partial charge in [-0.1, -0.05) is 63.9 Å². The molecule has 0 aliphatic rings. The van der Waals surface area contributed by atoms with Crippen molar-refractivity contribution in [3.05, 3.63) is 93.2 Å². The van der Waals surface area contributed by atoms with E-state index in [-0.39, 0.29) is 5.91 Å². The Balaban J connectivity index is 1.42. The van der Waals surface area contributed by atoms with Crippen molar-refractivity contribution in [1.82, 2.24) is 4.98 Å². The van der Waals surface area contributed by atoms with Gasteiger partial charge in [0, 0.05) is 31.7 Å². The van der Waals surface area contributed by atoms with E-state index < -0.39 is 0 Å². The van der Waals surface area contributed by atoms with Crippen molar-refractivity contribution in [3.63, 3.8) is 0 Å². The molecule has 0 fully saturated rings. The largest absolute Gasteiger partial charge is 0.326 e. The number of amides is 1. The molecule has 1 N–H and O–H groups in total. The molecule has 0 aliphatic heterocycles. The van der Waals surface area contributed by atoms with Gasteiger partial charge in [0.2, 0.25) is 5.91 Å². The lowest BCUT2D eigenvalue weighted by atomic mass is 10.1. The van der Waals surface area contributed by atoms with Gasteiger partial charge in [-0.2, -0.15) is 0 Å². The van der Waals surface area contributed by atoms with Gasteiger partial charge in [0.25, 0.3) is 0 Å². The van der Waals surface area contributed by atoms with Gasteiger partial charge in [0.1, 0.15) is 5.01 Å². The minimum Gasteiger partial charge on any atom is -0.326 e. The molecule has 3 aromatic carbocycles. The van der Waals surface area contributed by atoms with Crippen LogP contribution in [0, 0.1) is 0 Å². The van der Waals surface area contributed by atoms with E-state index in [1.807, 2.05) is 78.2 Å². The number of carbonyl (C=O) groups excluding carboxylic acids is 1. The van der Waals surface area contributed by atoms with Crippen molar-refractivity contribution in [2.45, 2.75) is 6.42 Å². The highest BCUT2D eigenvalue weighted by Crippen LogP contribution is 2.30. The molecular weight excluding hydrogens is 468 g/mol. The number of thiazole rings is 1. The summed E-state index contributed by atoms with van der Waals surface area (Å²) < 4.78 is 0.999. The highest BCUT2D eigenvalue weighted by atomic mass is 79.9. The Labute approximate surface area is 186 Å². The van der Waals surface area contributed by atoms with Gasteiger partial charge in [0.15, 0.2) is 0 Å². The van der Waals surface area contributed by atoms with Crippen LogP contribution in [0.3, 0.4) is 0 Å². The molecule has 1 aromatic heterocycles. The van der Waals surface area contributed by atoms with E-state index in [9.17, 15) is 4.79 Å². The molecule has 29 heavy (non-hydrogen) atoms. The Bertz CT molecular complexity index is 1120. The maximum Gasteiger partial charge on any atom is 0.228 e. The summed E-state index contributed by atoms with van der Waals surface area (Å²) in [4.78, 5) is 17.0. The minimum absolute atomic E-state index is 0.0428. The van der Waals surface area contributed by atoms with Crippen LogP contribution in [0.5, 0.6) is 0 Å². The molecule has 4 aromatic rings. The SMILES string of the molecule is O=C(Cc1ccc(Br)cc1)Nc1ccc(-c2csc(-c3ccc(Cl)cc3)n2)cc1. The number of anilines is 1. The lowest BCUT2D eigenvalue weighted by molar-refractivity contribution is -0.115. The van der Waals surface area contributed by atoms with Crippen LogP contribution in [-0.4, -0.2) is 10.9 Å². The summed E-state index contributed by atoms with van der Waals surface area (Å²) in [5.74, 6) is -0.0428. The predicted molar refractivity (Wildman–Crippen MR) is 124 cm³/mol. The monoisotopic (exact) mass is 482 g/mol. The summed E-state index contributed by atoms with van der Waals surface area (Å²) in [6.07, 6.45) is 0.339. The number of halogens is 2. The third-order valence-electron chi connectivity index (χ3n) is 4.34. The van der Waals surface area contributed by atoms with Crippen molar-refractivity contribution >= 4 is 50.5 Å². The lowest BCUT2D eigenvalue weighted by Gasteiger charge is -2.06. The summed E-state index contributed by atoms with van der Waals surface area (Å²) in [7, 11) is 0. The van der Waals surface area contributed by atoms with E-state index in [1.165, 1.54) is 0 Å². The number of aromatic nitrogens is 1. The molecule has 3 nitrogen and oxygen atoms in total. The maximum atomic E-state index is 12.3. The van der Waals surface area contributed by atoms with Crippen LogP contribution in [0.15, 0.2) is 82.6 Å². The molecule has 0 atom stereocenters. The molecule has 0 saturated carbocycles. The van der Waals surface area contributed by atoms with E-state index in [0.29, 0.717) is 11.4 Å². The fourth-order valence-corrected chi connectivity index (χ4v) is 4.07. The molecule has 4 rings (SSSR count). The maximum absolute atomic E-state index is 12.3. The molecule has 0 spiro atoms. The Morgan fingerprint density at radius 3 is 2.28 bits per heavy atom. The Morgan fingerprint density at radius 2 is 1.59 bits per heavy atom. The van der Waals surface area contributed by atoms with E-state index in [4.69, 9.17) is 16.6 Å². The summed E-state index contributed by atoms with van der Waals surface area (Å²) in [5, 5.41) is 6.63. The number of nitrogens with one attached hydrogen (secondary N) is 1. The Morgan fingerprint density at radius 1 is 0.931 bits per heavy atom. The molecule has 6 heteroatoms. The van der Waals surface area contributed by atoms with E-state index in [1.54, 1.807) is 11.3 Å². The first kappa shape index (κ1) is 19.8. The smallest absolute Gasteiger partial charge is 0.228 e. The van der Waals surface area contributed by atoms with Crippen molar-refractivity contribution in [3.8, 4) is 21.8 Å². The molecule has 0 aliphatic carbocycles. The highest BCUT2D eigenvalue weighted by molar-refractivity contribution is 9.10. The van der Waals surface area contributed by atoms with Crippen molar-refractivity contribution in [2.75, 3.05) is 5.32 Å². The van der Waals surface area contributed by atoms with Crippen LogP contribution in [-0.2, 0) is 11.2 Å². The van der Waals surface area contributed by atoms with E-state index in [0.717, 1.165) is 37.6 Å².